The Morgan fingerprint density at radius 2 is 1.95 bits per heavy atom. The number of nitrogens with two attached hydrogens (primary N) is 1. The number of aromatic nitrogens is 4. The Bertz CT molecular complexity index is 800. The fraction of sp³-hybridized carbons (Fsp3) is 0.0714. The van der Waals surface area contributed by atoms with E-state index in [9.17, 15) is 4.21 Å². The number of nitrogen functional groups attached to an aromatic ring is 1. The lowest BCUT2D eigenvalue weighted by atomic mass is 10.1. The predicted octanol–water partition coefficient (Wildman–Crippen LogP) is 1.85. The van der Waals surface area contributed by atoms with Crippen LogP contribution in [0.2, 0.25) is 0 Å². The van der Waals surface area contributed by atoms with Crippen molar-refractivity contribution >= 4 is 16.6 Å². The first-order chi connectivity index (χ1) is 10.2. The fourth-order valence-corrected chi connectivity index (χ4v) is 2.48. The molecule has 0 spiro atoms. The molecule has 6 nitrogen and oxygen atoms in total. The van der Waals surface area contributed by atoms with Crippen molar-refractivity contribution in [1.29, 1.82) is 0 Å². The predicted molar refractivity (Wildman–Crippen MR) is 81.8 cm³/mol. The molecule has 0 fully saturated rings. The molecule has 1 aromatic carbocycles. The van der Waals surface area contributed by atoms with Gasteiger partial charge in [0, 0.05) is 18.0 Å². The molecule has 0 bridgehead atoms. The first-order valence-electron chi connectivity index (χ1n) is 6.23. The van der Waals surface area contributed by atoms with Crippen molar-refractivity contribution in [3.05, 3.63) is 42.6 Å². The van der Waals surface area contributed by atoms with E-state index in [4.69, 9.17) is 5.73 Å². The molecule has 2 aromatic heterocycles. The van der Waals surface area contributed by atoms with Crippen LogP contribution in [0, 0.1) is 0 Å². The zero-order valence-corrected chi connectivity index (χ0v) is 12.1. The third kappa shape index (κ3) is 2.55. The van der Waals surface area contributed by atoms with E-state index in [2.05, 4.69) is 20.2 Å². The van der Waals surface area contributed by atoms with Gasteiger partial charge in [0.05, 0.1) is 27.8 Å². The van der Waals surface area contributed by atoms with Gasteiger partial charge in [-0.15, -0.1) is 0 Å². The number of hydrogen-bond acceptors (Lipinski definition) is 5. The smallest absolute Gasteiger partial charge is 0.218 e. The summed E-state index contributed by atoms with van der Waals surface area (Å²) >= 11 is 0. The summed E-state index contributed by atoms with van der Waals surface area (Å²) in [7, 11) is -1.25. The minimum absolute atomic E-state index is 0.270. The highest BCUT2D eigenvalue weighted by molar-refractivity contribution is 7.84. The molecule has 0 saturated heterocycles. The van der Waals surface area contributed by atoms with Crippen LogP contribution in [0.15, 0.2) is 47.8 Å². The summed E-state index contributed by atoms with van der Waals surface area (Å²) in [5.74, 6) is 0.348. The van der Waals surface area contributed by atoms with Crippen LogP contribution in [0.1, 0.15) is 0 Å². The van der Waals surface area contributed by atoms with Crippen molar-refractivity contribution in [2.75, 3.05) is 12.0 Å². The summed E-state index contributed by atoms with van der Waals surface area (Å²) in [6.45, 7) is 0. The molecule has 0 amide bonds. The molecule has 3 rings (SSSR count). The average Bonchev–Trinajstić information content (AvgIpc) is 2.90. The molecule has 7 heteroatoms. The van der Waals surface area contributed by atoms with Gasteiger partial charge in [0.25, 0.3) is 0 Å². The van der Waals surface area contributed by atoms with Crippen molar-refractivity contribution in [2.24, 2.45) is 0 Å². The Balaban J connectivity index is 2.17. The number of aromatic amines is 1. The van der Waals surface area contributed by atoms with Gasteiger partial charge in [0.2, 0.25) is 5.16 Å². The van der Waals surface area contributed by atoms with Crippen LogP contribution < -0.4 is 5.73 Å². The summed E-state index contributed by atoms with van der Waals surface area (Å²) in [5, 5.41) is 7.26. The Labute approximate surface area is 123 Å². The van der Waals surface area contributed by atoms with E-state index < -0.39 is 10.8 Å². The second-order valence-corrected chi connectivity index (χ2v) is 5.68. The van der Waals surface area contributed by atoms with Crippen molar-refractivity contribution in [1.82, 2.24) is 20.2 Å². The van der Waals surface area contributed by atoms with Crippen LogP contribution in [-0.4, -0.2) is 30.6 Å². The quantitative estimate of drug-likeness (QED) is 0.719. The van der Waals surface area contributed by atoms with Crippen LogP contribution in [0.4, 0.5) is 5.82 Å². The lowest BCUT2D eigenvalue weighted by Crippen LogP contribution is -1.99. The highest BCUT2D eigenvalue weighted by Gasteiger charge is 2.17. The second-order valence-electron chi connectivity index (χ2n) is 4.40. The zero-order chi connectivity index (χ0) is 14.8. The molecule has 3 aromatic rings. The minimum Gasteiger partial charge on any atom is -0.382 e. The monoisotopic (exact) mass is 299 g/mol. The Morgan fingerprint density at radius 3 is 2.67 bits per heavy atom. The molecule has 1 unspecified atom stereocenters. The standard InChI is InChI=1S/C14H13N5OS/c1-21(20)14-16-8-7-10(17-14)11-12(18-19-13(11)15)9-5-3-2-4-6-9/h2-8H,1H3,(H3,15,18,19). The third-order valence-corrected chi connectivity index (χ3v) is 3.71. The molecular weight excluding hydrogens is 286 g/mol. The van der Waals surface area contributed by atoms with Gasteiger partial charge >= 0.3 is 0 Å². The third-order valence-electron chi connectivity index (χ3n) is 3.00. The maximum atomic E-state index is 11.5. The number of nitrogens with zero attached hydrogens (tertiary/aromatic N) is 3. The summed E-state index contributed by atoms with van der Waals surface area (Å²) in [6.07, 6.45) is 3.11. The SMILES string of the molecule is CS(=O)c1nccc(-c2c(N)n[nH]c2-c2ccccc2)n1. The Kier molecular flexibility index (Phi) is 3.49. The van der Waals surface area contributed by atoms with Crippen LogP contribution in [0.5, 0.6) is 0 Å². The molecule has 0 aliphatic rings. The van der Waals surface area contributed by atoms with Gasteiger partial charge in [-0.05, 0) is 6.07 Å². The summed E-state index contributed by atoms with van der Waals surface area (Å²) in [4.78, 5) is 8.31. The maximum absolute atomic E-state index is 11.5. The number of hydrogen-bond donors (Lipinski definition) is 2. The maximum Gasteiger partial charge on any atom is 0.218 e. The molecule has 0 aliphatic heterocycles. The van der Waals surface area contributed by atoms with E-state index >= 15 is 0 Å². The first kappa shape index (κ1) is 13.4. The van der Waals surface area contributed by atoms with Crippen molar-refractivity contribution in [2.45, 2.75) is 5.16 Å². The Hall–Kier alpha value is -2.54. The first-order valence-corrected chi connectivity index (χ1v) is 7.78. The molecule has 0 radical (unpaired) electrons. The molecule has 0 aliphatic carbocycles. The number of anilines is 1. The average molecular weight is 299 g/mol. The van der Waals surface area contributed by atoms with E-state index in [1.807, 2.05) is 30.3 Å². The largest absolute Gasteiger partial charge is 0.382 e. The minimum atomic E-state index is -1.25. The van der Waals surface area contributed by atoms with Crippen LogP contribution in [0.25, 0.3) is 22.5 Å². The van der Waals surface area contributed by atoms with E-state index in [0.29, 0.717) is 17.1 Å². The fourth-order valence-electron chi connectivity index (χ4n) is 2.05. The van der Waals surface area contributed by atoms with Gasteiger partial charge in [0.15, 0.2) is 5.82 Å². The van der Waals surface area contributed by atoms with E-state index in [1.165, 1.54) is 6.26 Å². The lowest BCUT2D eigenvalue weighted by molar-refractivity contribution is 0.680. The van der Waals surface area contributed by atoms with Gasteiger partial charge in [-0.25, -0.2) is 9.97 Å². The number of benzene rings is 1. The summed E-state index contributed by atoms with van der Waals surface area (Å²) in [5.41, 5.74) is 8.98. The van der Waals surface area contributed by atoms with E-state index in [0.717, 1.165) is 11.3 Å². The number of H-pyrrole nitrogens is 1. The Morgan fingerprint density at radius 1 is 1.19 bits per heavy atom. The normalized spacial score (nSPS) is 12.2. The van der Waals surface area contributed by atoms with Crippen molar-refractivity contribution in [3.63, 3.8) is 0 Å². The molecule has 21 heavy (non-hydrogen) atoms. The molecule has 0 saturated carbocycles. The van der Waals surface area contributed by atoms with Gasteiger partial charge in [-0.2, -0.15) is 5.10 Å². The van der Waals surface area contributed by atoms with Crippen molar-refractivity contribution in [3.8, 4) is 22.5 Å². The molecule has 1 atom stereocenters. The van der Waals surface area contributed by atoms with Gasteiger partial charge in [-0.3, -0.25) is 9.31 Å². The highest BCUT2D eigenvalue weighted by Crippen LogP contribution is 2.33. The lowest BCUT2D eigenvalue weighted by Gasteiger charge is -2.05. The van der Waals surface area contributed by atoms with Crippen LogP contribution in [0.3, 0.4) is 0 Å². The summed E-state index contributed by atoms with van der Waals surface area (Å²) in [6, 6.07) is 11.4. The highest BCUT2D eigenvalue weighted by atomic mass is 32.2. The molecular formula is C14H13N5OS. The topological polar surface area (TPSA) is 97.5 Å². The van der Waals surface area contributed by atoms with Gasteiger partial charge < -0.3 is 5.73 Å². The van der Waals surface area contributed by atoms with Crippen LogP contribution in [-0.2, 0) is 10.8 Å². The van der Waals surface area contributed by atoms with Crippen LogP contribution >= 0.6 is 0 Å². The number of nitrogens with one attached hydrogen (secondary N) is 1. The van der Waals surface area contributed by atoms with Gasteiger partial charge in [-0.1, -0.05) is 30.3 Å². The molecule has 3 N–H and O–H groups in total. The van der Waals surface area contributed by atoms with Crippen molar-refractivity contribution < 1.29 is 4.21 Å². The molecule has 106 valence electrons. The second kappa shape index (κ2) is 5.45. The summed E-state index contributed by atoms with van der Waals surface area (Å²) < 4.78 is 11.5. The van der Waals surface area contributed by atoms with E-state index in [-0.39, 0.29) is 5.16 Å². The number of rotatable bonds is 3. The van der Waals surface area contributed by atoms with E-state index in [1.54, 1.807) is 12.3 Å². The molecule has 2 heterocycles. The zero-order valence-electron chi connectivity index (χ0n) is 11.3. The van der Waals surface area contributed by atoms with Gasteiger partial charge in [0.1, 0.15) is 0 Å².